The number of piperidine rings is 1. The van der Waals surface area contributed by atoms with Crippen molar-refractivity contribution in [1.82, 2.24) is 15.6 Å². The number of aromatic nitrogens is 1. The van der Waals surface area contributed by atoms with Gasteiger partial charge in [-0.3, -0.25) is 9.78 Å². The lowest BCUT2D eigenvalue weighted by Gasteiger charge is -2.24. The third-order valence-corrected chi connectivity index (χ3v) is 4.04. The number of nitrogens with zero attached hydrogens (tertiary/aromatic N) is 1. The van der Waals surface area contributed by atoms with Gasteiger partial charge in [0.05, 0.1) is 11.3 Å². The first-order valence-corrected chi connectivity index (χ1v) is 8.04. The minimum atomic E-state index is 0.0247. The molecule has 0 spiro atoms. The van der Waals surface area contributed by atoms with Gasteiger partial charge in [-0.1, -0.05) is 13.8 Å². The van der Waals surface area contributed by atoms with E-state index in [1.165, 1.54) is 0 Å². The largest absolute Gasteiger partial charge is 0.352 e. The summed E-state index contributed by atoms with van der Waals surface area (Å²) >= 11 is 0. The van der Waals surface area contributed by atoms with Crippen LogP contribution in [0.4, 0.5) is 0 Å². The second kappa shape index (κ2) is 7.55. The van der Waals surface area contributed by atoms with Crippen molar-refractivity contribution in [2.24, 2.45) is 5.92 Å². The topological polar surface area (TPSA) is 54.0 Å². The smallest absolute Gasteiger partial charge is 0.253 e. The van der Waals surface area contributed by atoms with E-state index in [0.29, 0.717) is 11.8 Å². The fourth-order valence-corrected chi connectivity index (χ4v) is 2.74. The van der Waals surface area contributed by atoms with E-state index in [1.54, 1.807) is 0 Å². The fraction of sp³-hybridized carbons (Fsp3) is 0.647. The summed E-state index contributed by atoms with van der Waals surface area (Å²) in [6.45, 7) is 9.07. The summed E-state index contributed by atoms with van der Waals surface area (Å²) in [5.41, 5.74) is 2.73. The number of pyridine rings is 1. The Morgan fingerprint density at radius 2 is 2.10 bits per heavy atom. The molecule has 1 amide bonds. The first kappa shape index (κ1) is 16.0. The van der Waals surface area contributed by atoms with Gasteiger partial charge >= 0.3 is 0 Å². The molecule has 0 saturated carbocycles. The second-order valence-electron chi connectivity index (χ2n) is 6.35. The lowest BCUT2D eigenvalue weighted by Crippen LogP contribution is -2.31. The van der Waals surface area contributed by atoms with Crippen molar-refractivity contribution >= 4 is 5.91 Å². The van der Waals surface area contributed by atoms with Crippen molar-refractivity contribution in [3.63, 3.8) is 0 Å². The summed E-state index contributed by atoms with van der Waals surface area (Å²) in [7, 11) is 0. The van der Waals surface area contributed by atoms with E-state index in [4.69, 9.17) is 0 Å². The van der Waals surface area contributed by atoms with Crippen LogP contribution in [0.3, 0.4) is 0 Å². The standard InChI is InChI=1S/C17H27N3O/c1-12(2)6-11-19-17(21)15-5-4-13(3)20-16(15)14-7-9-18-10-8-14/h4-5,12,14,18H,6-11H2,1-3H3,(H,19,21). The second-order valence-corrected chi connectivity index (χ2v) is 6.35. The number of nitrogens with one attached hydrogen (secondary N) is 2. The highest BCUT2D eigenvalue weighted by Gasteiger charge is 2.22. The van der Waals surface area contributed by atoms with E-state index in [1.807, 2.05) is 19.1 Å². The zero-order valence-corrected chi connectivity index (χ0v) is 13.4. The minimum Gasteiger partial charge on any atom is -0.352 e. The number of aryl methyl sites for hydroxylation is 1. The molecule has 0 bridgehead atoms. The summed E-state index contributed by atoms with van der Waals surface area (Å²) in [6.07, 6.45) is 3.12. The van der Waals surface area contributed by atoms with E-state index >= 15 is 0 Å². The number of amides is 1. The Bertz CT molecular complexity index is 479. The average Bonchev–Trinajstić information content (AvgIpc) is 2.47. The Morgan fingerprint density at radius 3 is 2.76 bits per heavy atom. The molecule has 116 valence electrons. The maximum absolute atomic E-state index is 12.4. The number of rotatable bonds is 5. The van der Waals surface area contributed by atoms with Gasteiger partial charge in [-0.05, 0) is 57.3 Å². The molecule has 4 nitrogen and oxygen atoms in total. The van der Waals surface area contributed by atoms with E-state index in [-0.39, 0.29) is 5.91 Å². The third-order valence-electron chi connectivity index (χ3n) is 4.04. The zero-order chi connectivity index (χ0) is 15.2. The lowest BCUT2D eigenvalue weighted by molar-refractivity contribution is 0.0949. The van der Waals surface area contributed by atoms with Crippen LogP contribution >= 0.6 is 0 Å². The highest BCUT2D eigenvalue weighted by Crippen LogP contribution is 2.26. The summed E-state index contributed by atoms with van der Waals surface area (Å²) in [4.78, 5) is 17.1. The monoisotopic (exact) mass is 289 g/mol. The van der Waals surface area contributed by atoms with Crippen molar-refractivity contribution in [3.8, 4) is 0 Å². The van der Waals surface area contributed by atoms with Crippen molar-refractivity contribution < 1.29 is 4.79 Å². The molecule has 1 aromatic rings. The number of carbonyl (C=O) groups is 1. The molecule has 4 heteroatoms. The summed E-state index contributed by atoms with van der Waals surface area (Å²) in [6, 6.07) is 3.87. The van der Waals surface area contributed by atoms with Gasteiger partial charge < -0.3 is 10.6 Å². The molecule has 0 unspecified atom stereocenters. The molecule has 1 aromatic heterocycles. The summed E-state index contributed by atoms with van der Waals surface area (Å²) in [5, 5.41) is 6.40. The zero-order valence-electron chi connectivity index (χ0n) is 13.4. The van der Waals surface area contributed by atoms with Crippen LogP contribution in [0.25, 0.3) is 0 Å². The molecule has 2 rings (SSSR count). The molecule has 0 radical (unpaired) electrons. The van der Waals surface area contributed by atoms with Crippen LogP contribution in [0.5, 0.6) is 0 Å². The van der Waals surface area contributed by atoms with Crippen LogP contribution in [0.2, 0.25) is 0 Å². The predicted molar refractivity (Wildman–Crippen MR) is 85.6 cm³/mol. The van der Waals surface area contributed by atoms with Crippen molar-refractivity contribution in [3.05, 3.63) is 29.1 Å². The lowest BCUT2D eigenvalue weighted by atomic mass is 9.90. The highest BCUT2D eigenvalue weighted by molar-refractivity contribution is 5.95. The Morgan fingerprint density at radius 1 is 1.38 bits per heavy atom. The predicted octanol–water partition coefficient (Wildman–Crippen LogP) is 2.63. The third kappa shape index (κ3) is 4.53. The van der Waals surface area contributed by atoms with E-state index < -0.39 is 0 Å². The SMILES string of the molecule is Cc1ccc(C(=O)NCCC(C)C)c(C2CCNCC2)n1. The quantitative estimate of drug-likeness (QED) is 0.876. The molecule has 1 aliphatic heterocycles. The van der Waals surface area contributed by atoms with Gasteiger partial charge in [0.15, 0.2) is 0 Å². The van der Waals surface area contributed by atoms with E-state index in [9.17, 15) is 4.79 Å². The highest BCUT2D eigenvalue weighted by atomic mass is 16.1. The molecule has 2 heterocycles. The average molecular weight is 289 g/mol. The van der Waals surface area contributed by atoms with Crippen LogP contribution in [-0.2, 0) is 0 Å². The maximum atomic E-state index is 12.4. The molecule has 1 aliphatic rings. The van der Waals surface area contributed by atoms with Crippen LogP contribution in [0, 0.1) is 12.8 Å². The van der Waals surface area contributed by atoms with Gasteiger partial charge in [-0.25, -0.2) is 0 Å². The minimum absolute atomic E-state index is 0.0247. The Balaban J connectivity index is 2.12. The van der Waals surface area contributed by atoms with Crippen LogP contribution in [-0.4, -0.2) is 30.5 Å². The summed E-state index contributed by atoms with van der Waals surface area (Å²) in [5.74, 6) is 1.03. The number of hydrogen-bond acceptors (Lipinski definition) is 3. The van der Waals surface area contributed by atoms with Crippen LogP contribution in [0.1, 0.15) is 60.8 Å². The van der Waals surface area contributed by atoms with Crippen LogP contribution < -0.4 is 10.6 Å². The molecule has 0 aromatic carbocycles. The molecule has 21 heavy (non-hydrogen) atoms. The van der Waals surface area contributed by atoms with Crippen molar-refractivity contribution in [2.75, 3.05) is 19.6 Å². The van der Waals surface area contributed by atoms with Crippen molar-refractivity contribution in [1.29, 1.82) is 0 Å². The fourth-order valence-electron chi connectivity index (χ4n) is 2.74. The van der Waals surface area contributed by atoms with Gasteiger partial charge in [0.1, 0.15) is 0 Å². The van der Waals surface area contributed by atoms with Gasteiger partial charge in [-0.2, -0.15) is 0 Å². The Kier molecular flexibility index (Phi) is 5.74. The van der Waals surface area contributed by atoms with Gasteiger partial charge in [0.2, 0.25) is 0 Å². The number of carbonyl (C=O) groups excluding carboxylic acids is 1. The maximum Gasteiger partial charge on any atom is 0.253 e. The van der Waals surface area contributed by atoms with E-state index in [0.717, 1.165) is 55.8 Å². The molecule has 1 saturated heterocycles. The van der Waals surface area contributed by atoms with Gasteiger partial charge in [0.25, 0.3) is 5.91 Å². The molecule has 2 N–H and O–H groups in total. The molecular weight excluding hydrogens is 262 g/mol. The molecule has 0 atom stereocenters. The van der Waals surface area contributed by atoms with E-state index in [2.05, 4.69) is 29.5 Å². The van der Waals surface area contributed by atoms with Gasteiger partial charge in [-0.15, -0.1) is 0 Å². The van der Waals surface area contributed by atoms with Gasteiger partial charge in [0, 0.05) is 18.2 Å². The van der Waals surface area contributed by atoms with Crippen molar-refractivity contribution in [2.45, 2.75) is 46.0 Å². The normalized spacial score (nSPS) is 16.2. The molecule has 1 fully saturated rings. The Labute approximate surface area is 127 Å². The summed E-state index contributed by atoms with van der Waals surface area (Å²) < 4.78 is 0. The molecule has 0 aliphatic carbocycles. The molecular formula is C17H27N3O. The Hall–Kier alpha value is -1.42. The first-order valence-electron chi connectivity index (χ1n) is 8.04. The number of hydrogen-bond donors (Lipinski definition) is 2. The van der Waals surface area contributed by atoms with Crippen LogP contribution in [0.15, 0.2) is 12.1 Å². The first-order chi connectivity index (χ1) is 10.1.